The lowest BCUT2D eigenvalue weighted by atomic mass is 10.3. The van der Waals surface area contributed by atoms with Gasteiger partial charge < -0.3 is 14.2 Å². The molecule has 0 saturated carbocycles. The van der Waals surface area contributed by atoms with Gasteiger partial charge in [-0.05, 0) is 36.4 Å². The van der Waals surface area contributed by atoms with Crippen molar-refractivity contribution >= 4 is 11.6 Å². The Hall–Kier alpha value is -3.02. The Morgan fingerprint density at radius 2 is 1.83 bits per heavy atom. The lowest BCUT2D eigenvalue weighted by molar-refractivity contribution is 0.0600. The number of pyridine rings is 1. The second-order valence-corrected chi connectivity index (χ2v) is 4.85. The average molecular weight is 312 g/mol. The van der Waals surface area contributed by atoms with Gasteiger partial charge in [0, 0.05) is 6.20 Å². The van der Waals surface area contributed by atoms with Gasteiger partial charge in [0.2, 0.25) is 0 Å². The third kappa shape index (κ3) is 3.11. The smallest absolute Gasteiger partial charge is 0.339 e. The van der Waals surface area contributed by atoms with Gasteiger partial charge in [-0.2, -0.15) is 0 Å². The summed E-state index contributed by atoms with van der Waals surface area (Å²) in [6.07, 6.45) is 3.42. The van der Waals surface area contributed by atoms with Crippen LogP contribution in [-0.4, -0.2) is 29.6 Å². The number of nitrogens with zero attached hydrogens (tertiary/aromatic N) is 2. The van der Waals surface area contributed by atoms with Crippen LogP contribution in [0.25, 0.3) is 5.65 Å². The van der Waals surface area contributed by atoms with Crippen LogP contribution in [0.2, 0.25) is 0 Å². The molecule has 3 rings (SSSR count). The molecule has 0 aliphatic carbocycles. The fourth-order valence-electron chi connectivity index (χ4n) is 2.21. The molecule has 118 valence electrons. The molecule has 0 radical (unpaired) electrons. The molecule has 6 nitrogen and oxygen atoms in total. The number of rotatable bonds is 5. The van der Waals surface area contributed by atoms with E-state index in [9.17, 15) is 4.79 Å². The minimum absolute atomic E-state index is 0.331. The number of aromatic nitrogens is 2. The van der Waals surface area contributed by atoms with E-state index in [0.717, 1.165) is 22.8 Å². The molecule has 0 fully saturated rings. The van der Waals surface area contributed by atoms with Crippen molar-refractivity contribution in [2.24, 2.45) is 0 Å². The summed E-state index contributed by atoms with van der Waals surface area (Å²) in [6.45, 7) is 0.331. The fourth-order valence-corrected chi connectivity index (χ4v) is 2.21. The normalized spacial score (nSPS) is 10.5. The van der Waals surface area contributed by atoms with E-state index in [2.05, 4.69) is 4.98 Å². The van der Waals surface area contributed by atoms with Crippen molar-refractivity contribution < 1.29 is 19.0 Å². The van der Waals surface area contributed by atoms with E-state index in [-0.39, 0.29) is 5.97 Å². The molecule has 0 unspecified atom stereocenters. The number of esters is 1. The Balaban J connectivity index is 1.80. The van der Waals surface area contributed by atoms with E-state index < -0.39 is 0 Å². The Kier molecular flexibility index (Phi) is 4.14. The van der Waals surface area contributed by atoms with E-state index >= 15 is 0 Å². The number of carbonyl (C=O) groups is 1. The minimum atomic E-state index is -0.386. The first-order valence-corrected chi connectivity index (χ1v) is 7.02. The van der Waals surface area contributed by atoms with Gasteiger partial charge >= 0.3 is 5.97 Å². The molecule has 0 aliphatic rings. The van der Waals surface area contributed by atoms with Gasteiger partial charge in [-0.3, -0.25) is 4.40 Å². The molecule has 0 N–H and O–H groups in total. The molecule has 0 atom stereocenters. The number of fused-ring (bicyclic) bond motifs is 1. The van der Waals surface area contributed by atoms with Gasteiger partial charge in [-0.15, -0.1) is 0 Å². The van der Waals surface area contributed by atoms with Crippen molar-refractivity contribution in [1.29, 1.82) is 0 Å². The number of methoxy groups -OCH3 is 2. The number of hydrogen-bond acceptors (Lipinski definition) is 5. The van der Waals surface area contributed by atoms with Crippen LogP contribution in [-0.2, 0) is 11.3 Å². The Bertz CT molecular complexity index is 824. The predicted molar refractivity (Wildman–Crippen MR) is 83.9 cm³/mol. The number of benzene rings is 1. The molecular formula is C17H16N2O4. The molecule has 0 aliphatic heterocycles. The fraction of sp³-hybridized carbons (Fsp3) is 0.176. The Morgan fingerprint density at radius 1 is 1.09 bits per heavy atom. The molecule has 3 aromatic rings. The maximum Gasteiger partial charge on any atom is 0.339 e. The van der Waals surface area contributed by atoms with Crippen molar-refractivity contribution in [3.8, 4) is 11.5 Å². The summed E-state index contributed by atoms with van der Waals surface area (Å²) < 4.78 is 17.4. The number of imidazole rings is 1. The summed E-state index contributed by atoms with van der Waals surface area (Å²) in [4.78, 5) is 15.9. The first-order valence-electron chi connectivity index (χ1n) is 7.02. The largest absolute Gasteiger partial charge is 0.497 e. The third-order valence-electron chi connectivity index (χ3n) is 3.45. The van der Waals surface area contributed by atoms with E-state index in [1.54, 1.807) is 31.6 Å². The minimum Gasteiger partial charge on any atom is -0.497 e. The zero-order chi connectivity index (χ0) is 16.2. The topological polar surface area (TPSA) is 62.1 Å². The van der Waals surface area contributed by atoms with Crippen molar-refractivity contribution in [3.05, 3.63) is 60.0 Å². The van der Waals surface area contributed by atoms with Crippen LogP contribution in [0.1, 0.15) is 16.1 Å². The number of hydrogen-bond donors (Lipinski definition) is 0. The summed E-state index contributed by atoms with van der Waals surface area (Å²) in [5, 5.41) is 0. The van der Waals surface area contributed by atoms with Crippen LogP contribution in [0, 0.1) is 0 Å². The maximum absolute atomic E-state index is 11.6. The van der Waals surface area contributed by atoms with Crippen LogP contribution in [0.3, 0.4) is 0 Å². The van der Waals surface area contributed by atoms with Gasteiger partial charge in [-0.1, -0.05) is 0 Å². The van der Waals surface area contributed by atoms with Crippen molar-refractivity contribution in [2.75, 3.05) is 14.2 Å². The molecule has 2 heterocycles. The van der Waals surface area contributed by atoms with Gasteiger partial charge in [-0.25, -0.2) is 9.78 Å². The Morgan fingerprint density at radius 3 is 2.52 bits per heavy atom. The lowest BCUT2D eigenvalue weighted by Gasteiger charge is -2.07. The second-order valence-electron chi connectivity index (χ2n) is 4.85. The van der Waals surface area contributed by atoms with Crippen LogP contribution in [0.4, 0.5) is 0 Å². The molecule has 0 amide bonds. The molecule has 0 saturated heterocycles. The van der Waals surface area contributed by atoms with E-state index in [1.807, 2.05) is 28.7 Å². The van der Waals surface area contributed by atoms with E-state index in [0.29, 0.717) is 12.2 Å². The molecule has 0 bridgehead atoms. The second kappa shape index (κ2) is 6.39. The first-order chi connectivity index (χ1) is 11.2. The summed E-state index contributed by atoms with van der Waals surface area (Å²) in [6, 6.07) is 10.8. The highest BCUT2D eigenvalue weighted by molar-refractivity contribution is 5.89. The highest BCUT2D eigenvalue weighted by Crippen LogP contribution is 2.19. The van der Waals surface area contributed by atoms with Crippen LogP contribution in [0.5, 0.6) is 11.5 Å². The van der Waals surface area contributed by atoms with Crippen molar-refractivity contribution in [2.45, 2.75) is 6.61 Å². The molecule has 1 aromatic carbocycles. The summed E-state index contributed by atoms with van der Waals surface area (Å²) in [5.41, 5.74) is 2.04. The third-order valence-corrected chi connectivity index (χ3v) is 3.45. The maximum atomic E-state index is 11.6. The van der Waals surface area contributed by atoms with Gasteiger partial charge in [0.25, 0.3) is 0 Å². The molecule has 23 heavy (non-hydrogen) atoms. The Labute approximate surface area is 133 Å². The lowest BCUT2D eigenvalue weighted by Crippen LogP contribution is -2.05. The highest BCUT2D eigenvalue weighted by atomic mass is 16.5. The quantitative estimate of drug-likeness (QED) is 0.678. The zero-order valence-electron chi connectivity index (χ0n) is 12.9. The van der Waals surface area contributed by atoms with E-state index in [1.165, 1.54) is 7.11 Å². The zero-order valence-corrected chi connectivity index (χ0v) is 12.9. The van der Waals surface area contributed by atoms with Crippen LogP contribution >= 0.6 is 0 Å². The summed E-state index contributed by atoms with van der Waals surface area (Å²) in [7, 11) is 2.97. The molecule has 0 spiro atoms. The first kappa shape index (κ1) is 14.9. The standard InChI is InChI=1S/C17H16N2O4/c1-21-14-4-6-15(7-5-14)23-11-13-9-18-16-8-3-12(10-19(13)16)17(20)22-2/h3-10H,11H2,1-2H3. The van der Waals surface area contributed by atoms with Gasteiger partial charge in [0.1, 0.15) is 23.8 Å². The predicted octanol–water partition coefficient (Wildman–Crippen LogP) is 2.71. The summed E-state index contributed by atoms with van der Waals surface area (Å²) >= 11 is 0. The average Bonchev–Trinajstić information content (AvgIpc) is 3.02. The summed E-state index contributed by atoms with van der Waals surface area (Å²) in [5.74, 6) is 1.11. The van der Waals surface area contributed by atoms with E-state index in [4.69, 9.17) is 14.2 Å². The van der Waals surface area contributed by atoms with Crippen LogP contribution < -0.4 is 9.47 Å². The van der Waals surface area contributed by atoms with Crippen molar-refractivity contribution in [1.82, 2.24) is 9.38 Å². The number of ether oxygens (including phenoxy) is 3. The van der Waals surface area contributed by atoms with Crippen molar-refractivity contribution in [3.63, 3.8) is 0 Å². The van der Waals surface area contributed by atoms with Gasteiger partial charge in [0.05, 0.1) is 31.7 Å². The molecular weight excluding hydrogens is 296 g/mol. The molecule has 2 aromatic heterocycles. The highest BCUT2D eigenvalue weighted by Gasteiger charge is 2.10. The van der Waals surface area contributed by atoms with Crippen LogP contribution in [0.15, 0.2) is 48.8 Å². The SMILES string of the molecule is COC(=O)c1ccc2ncc(COc3ccc(OC)cc3)n2c1. The molecule has 6 heteroatoms. The number of carbonyl (C=O) groups excluding carboxylic acids is 1. The van der Waals surface area contributed by atoms with Gasteiger partial charge in [0.15, 0.2) is 0 Å². The monoisotopic (exact) mass is 312 g/mol.